The summed E-state index contributed by atoms with van der Waals surface area (Å²) in [5.41, 5.74) is 2.39. The molecular formula is C25H42IN5O. The van der Waals surface area contributed by atoms with Gasteiger partial charge in [-0.05, 0) is 50.3 Å². The number of likely N-dealkylation sites (tertiary alicyclic amines) is 1. The van der Waals surface area contributed by atoms with Crippen LogP contribution < -0.4 is 10.6 Å². The third-order valence-corrected chi connectivity index (χ3v) is 7.12. The van der Waals surface area contributed by atoms with Gasteiger partial charge < -0.3 is 15.5 Å². The van der Waals surface area contributed by atoms with Crippen molar-refractivity contribution in [1.82, 2.24) is 20.4 Å². The van der Waals surface area contributed by atoms with Crippen molar-refractivity contribution in [1.29, 1.82) is 0 Å². The van der Waals surface area contributed by atoms with Gasteiger partial charge in [0.15, 0.2) is 5.96 Å². The van der Waals surface area contributed by atoms with Crippen LogP contribution in [0.25, 0.3) is 0 Å². The van der Waals surface area contributed by atoms with Crippen LogP contribution in [0.4, 0.5) is 0 Å². The summed E-state index contributed by atoms with van der Waals surface area (Å²) < 4.78 is 0. The van der Waals surface area contributed by atoms with Crippen molar-refractivity contribution < 1.29 is 4.79 Å². The number of aliphatic imine (C=N–C) groups is 1. The van der Waals surface area contributed by atoms with Gasteiger partial charge in [-0.2, -0.15) is 0 Å². The highest BCUT2D eigenvalue weighted by Gasteiger charge is 2.42. The highest BCUT2D eigenvalue weighted by molar-refractivity contribution is 14.0. The molecule has 3 rings (SSSR count). The first-order chi connectivity index (χ1) is 14.9. The number of carbonyl (C=O) groups excluding carboxylic acids is 1. The lowest BCUT2D eigenvalue weighted by Gasteiger charge is -2.34. The fourth-order valence-electron chi connectivity index (χ4n) is 5.14. The minimum Gasteiger partial charge on any atom is -0.355 e. The molecule has 7 heteroatoms. The molecule has 2 N–H and O–H groups in total. The molecule has 6 nitrogen and oxygen atoms in total. The van der Waals surface area contributed by atoms with Crippen molar-refractivity contribution in [2.75, 3.05) is 34.2 Å². The molecule has 1 saturated carbocycles. The first kappa shape index (κ1) is 26.9. The van der Waals surface area contributed by atoms with E-state index in [0.29, 0.717) is 12.6 Å². The molecular weight excluding hydrogens is 513 g/mol. The number of halogens is 1. The zero-order valence-corrected chi connectivity index (χ0v) is 22.7. The average Bonchev–Trinajstić information content (AvgIpc) is 3.26. The molecule has 0 radical (unpaired) electrons. The minimum atomic E-state index is -0.302. The summed E-state index contributed by atoms with van der Waals surface area (Å²) in [6.45, 7) is 5.91. The van der Waals surface area contributed by atoms with Crippen LogP contribution >= 0.6 is 24.0 Å². The lowest BCUT2D eigenvalue weighted by Crippen LogP contribution is -2.49. The average molecular weight is 556 g/mol. The lowest BCUT2D eigenvalue weighted by molar-refractivity contribution is -0.138. The largest absolute Gasteiger partial charge is 0.355 e. The van der Waals surface area contributed by atoms with E-state index in [4.69, 9.17) is 0 Å². The minimum absolute atomic E-state index is 0. The normalized spacial score (nSPS) is 21.0. The highest BCUT2D eigenvalue weighted by Crippen LogP contribution is 2.38. The van der Waals surface area contributed by atoms with E-state index < -0.39 is 0 Å². The monoisotopic (exact) mass is 555 g/mol. The summed E-state index contributed by atoms with van der Waals surface area (Å²) in [6, 6.07) is 9.36. The number of benzene rings is 1. The number of carbonyl (C=O) groups is 1. The molecule has 32 heavy (non-hydrogen) atoms. The van der Waals surface area contributed by atoms with Crippen molar-refractivity contribution in [2.24, 2.45) is 10.4 Å². The lowest BCUT2D eigenvalue weighted by atomic mass is 9.84. The molecule has 1 aliphatic carbocycles. The number of hydrogen-bond donors (Lipinski definition) is 2. The maximum atomic E-state index is 12.8. The van der Waals surface area contributed by atoms with E-state index in [2.05, 4.69) is 51.7 Å². The maximum absolute atomic E-state index is 12.8. The van der Waals surface area contributed by atoms with E-state index >= 15 is 0 Å². The van der Waals surface area contributed by atoms with Gasteiger partial charge in [0.2, 0.25) is 5.91 Å². The Balaban J connectivity index is 0.00000363. The van der Waals surface area contributed by atoms with Crippen LogP contribution in [0, 0.1) is 5.41 Å². The van der Waals surface area contributed by atoms with Crippen LogP contribution in [0.2, 0.25) is 0 Å². The van der Waals surface area contributed by atoms with E-state index in [0.717, 1.165) is 44.7 Å². The van der Waals surface area contributed by atoms with Gasteiger partial charge in [0, 0.05) is 46.8 Å². The summed E-state index contributed by atoms with van der Waals surface area (Å²) >= 11 is 0. The molecule has 1 aromatic carbocycles. The van der Waals surface area contributed by atoms with Crippen LogP contribution in [0.15, 0.2) is 29.3 Å². The third kappa shape index (κ3) is 6.83. The molecule has 0 bridgehead atoms. The Morgan fingerprint density at radius 3 is 2.44 bits per heavy atom. The number of amides is 1. The molecule has 1 saturated heterocycles. The van der Waals surface area contributed by atoms with E-state index in [1.807, 2.05) is 14.1 Å². The number of piperidine rings is 1. The first-order valence-corrected chi connectivity index (χ1v) is 11.9. The number of hydrogen-bond acceptors (Lipinski definition) is 3. The van der Waals surface area contributed by atoms with Crippen molar-refractivity contribution in [3.63, 3.8) is 0 Å². The molecule has 1 atom stereocenters. The molecule has 2 fully saturated rings. The molecule has 1 aliphatic heterocycles. The summed E-state index contributed by atoms with van der Waals surface area (Å²) in [4.78, 5) is 21.6. The Kier molecular flexibility index (Phi) is 10.7. The van der Waals surface area contributed by atoms with Gasteiger partial charge in [-0.15, -0.1) is 24.0 Å². The SMILES string of the molecule is CN=C(NCc1ccccc1CN1CCCCC1C)NCC1(C(=O)N(C)C)CCCC1.I. The van der Waals surface area contributed by atoms with E-state index in [9.17, 15) is 4.79 Å². The summed E-state index contributed by atoms with van der Waals surface area (Å²) in [5, 5.41) is 6.93. The topological polar surface area (TPSA) is 60.0 Å². The highest BCUT2D eigenvalue weighted by atomic mass is 127. The van der Waals surface area contributed by atoms with E-state index in [1.54, 1.807) is 11.9 Å². The van der Waals surface area contributed by atoms with Crippen LogP contribution in [0.3, 0.4) is 0 Å². The molecule has 1 heterocycles. The van der Waals surface area contributed by atoms with Gasteiger partial charge in [-0.3, -0.25) is 14.7 Å². The Labute approximate surface area is 211 Å². The van der Waals surface area contributed by atoms with Gasteiger partial charge >= 0.3 is 0 Å². The quantitative estimate of drug-likeness (QED) is 0.304. The van der Waals surface area contributed by atoms with Gasteiger partial charge in [-0.25, -0.2) is 0 Å². The summed E-state index contributed by atoms with van der Waals surface area (Å²) in [5.74, 6) is 0.993. The van der Waals surface area contributed by atoms with Gasteiger partial charge in [0.25, 0.3) is 0 Å². The van der Waals surface area contributed by atoms with Crippen LogP contribution in [-0.2, 0) is 17.9 Å². The van der Waals surface area contributed by atoms with E-state index in [-0.39, 0.29) is 35.3 Å². The number of guanidine groups is 1. The van der Waals surface area contributed by atoms with Crippen LogP contribution in [0.1, 0.15) is 63.0 Å². The standard InChI is InChI=1S/C25H41N5O.HI/c1-20-11-7-10-16-30(20)18-22-13-6-5-12-21(22)17-27-24(26-2)28-19-25(14-8-9-15-25)23(31)29(3)4;/h5-6,12-13,20H,7-11,14-19H2,1-4H3,(H2,26,27,28);1H. The third-order valence-electron chi connectivity index (χ3n) is 7.12. The number of rotatable bonds is 7. The molecule has 1 amide bonds. The molecule has 2 aliphatic rings. The van der Waals surface area contributed by atoms with Crippen LogP contribution in [-0.4, -0.2) is 61.9 Å². The molecule has 0 spiro atoms. The Bertz CT molecular complexity index is 760. The van der Waals surface area contributed by atoms with E-state index in [1.165, 1.54) is 36.9 Å². The fraction of sp³-hybridized carbons (Fsp3) is 0.680. The predicted octanol–water partition coefficient (Wildman–Crippen LogP) is 3.99. The Morgan fingerprint density at radius 1 is 1.12 bits per heavy atom. The summed E-state index contributed by atoms with van der Waals surface area (Å²) in [6.07, 6.45) is 8.08. The summed E-state index contributed by atoms with van der Waals surface area (Å²) in [7, 11) is 5.51. The van der Waals surface area contributed by atoms with Crippen molar-refractivity contribution in [3.05, 3.63) is 35.4 Å². The molecule has 0 aromatic heterocycles. The second-order valence-electron chi connectivity index (χ2n) is 9.55. The number of nitrogens with one attached hydrogen (secondary N) is 2. The predicted molar refractivity (Wildman–Crippen MR) is 143 cm³/mol. The smallest absolute Gasteiger partial charge is 0.230 e. The van der Waals surface area contributed by atoms with Gasteiger partial charge in [-0.1, -0.05) is 43.5 Å². The Hall–Kier alpha value is -1.35. The fourth-order valence-corrected chi connectivity index (χ4v) is 5.14. The Morgan fingerprint density at radius 2 is 1.81 bits per heavy atom. The molecule has 1 unspecified atom stereocenters. The van der Waals surface area contributed by atoms with Crippen molar-refractivity contribution in [3.8, 4) is 0 Å². The van der Waals surface area contributed by atoms with Gasteiger partial charge in [0.1, 0.15) is 0 Å². The van der Waals surface area contributed by atoms with Crippen LogP contribution in [0.5, 0.6) is 0 Å². The zero-order chi connectivity index (χ0) is 22.3. The zero-order valence-electron chi connectivity index (χ0n) is 20.3. The maximum Gasteiger partial charge on any atom is 0.230 e. The second-order valence-corrected chi connectivity index (χ2v) is 9.55. The van der Waals surface area contributed by atoms with Gasteiger partial charge in [0.05, 0.1) is 5.41 Å². The second kappa shape index (κ2) is 12.8. The molecule has 180 valence electrons. The van der Waals surface area contributed by atoms with Crippen molar-refractivity contribution in [2.45, 2.75) is 71.0 Å². The number of nitrogens with zero attached hydrogens (tertiary/aromatic N) is 3. The molecule has 1 aromatic rings. The van der Waals surface area contributed by atoms with Crippen molar-refractivity contribution >= 4 is 35.8 Å². The first-order valence-electron chi connectivity index (χ1n) is 11.9.